The predicted molar refractivity (Wildman–Crippen MR) is 60.7 cm³/mol. The molecular weight excluding hydrogens is 207 g/mol. The molecule has 88 valence electrons. The lowest BCUT2D eigenvalue weighted by Crippen LogP contribution is -2.34. The second-order valence-corrected chi connectivity index (χ2v) is 4.03. The highest BCUT2D eigenvalue weighted by Gasteiger charge is 2.22. The van der Waals surface area contributed by atoms with Crippen LogP contribution in [0.3, 0.4) is 0 Å². The Labute approximate surface area is 94.9 Å². The minimum Gasteiger partial charge on any atom is -0.368 e. The highest BCUT2D eigenvalue weighted by molar-refractivity contribution is 5.32. The van der Waals surface area contributed by atoms with Crippen molar-refractivity contribution < 1.29 is 4.39 Å². The van der Waals surface area contributed by atoms with E-state index in [1.54, 1.807) is 0 Å². The maximum atomic E-state index is 12.8. The maximum Gasteiger partial charge on any atom is 0.217 e. The van der Waals surface area contributed by atoms with Gasteiger partial charge in [0.1, 0.15) is 12.1 Å². The number of anilines is 1. The first-order valence-corrected chi connectivity index (χ1v) is 5.75. The second-order valence-electron chi connectivity index (χ2n) is 4.03. The van der Waals surface area contributed by atoms with Gasteiger partial charge >= 0.3 is 0 Å². The SMILES string of the molecule is CCN1CCCC1CNc1cc(F)ncn1. The van der Waals surface area contributed by atoms with Gasteiger partial charge in [0.2, 0.25) is 5.95 Å². The minimum absolute atomic E-state index is 0.490. The number of likely N-dealkylation sites (tertiary alicyclic amines) is 1. The maximum absolute atomic E-state index is 12.8. The topological polar surface area (TPSA) is 41.0 Å². The zero-order chi connectivity index (χ0) is 11.4. The molecule has 0 spiro atoms. The minimum atomic E-state index is -0.490. The molecular formula is C11H17FN4. The molecule has 4 nitrogen and oxygen atoms in total. The summed E-state index contributed by atoms with van der Waals surface area (Å²) in [5.41, 5.74) is 0. The number of rotatable bonds is 4. The number of nitrogens with zero attached hydrogens (tertiary/aromatic N) is 3. The molecule has 0 bridgehead atoms. The van der Waals surface area contributed by atoms with Crippen molar-refractivity contribution in [2.45, 2.75) is 25.8 Å². The Morgan fingerprint density at radius 2 is 2.44 bits per heavy atom. The van der Waals surface area contributed by atoms with Crippen molar-refractivity contribution in [3.8, 4) is 0 Å². The fraction of sp³-hybridized carbons (Fsp3) is 0.636. The van der Waals surface area contributed by atoms with Crippen LogP contribution in [0.1, 0.15) is 19.8 Å². The molecule has 2 rings (SSSR count). The number of aromatic nitrogens is 2. The van der Waals surface area contributed by atoms with E-state index >= 15 is 0 Å². The van der Waals surface area contributed by atoms with Gasteiger partial charge in [-0.1, -0.05) is 6.92 Å². The summed E-state index contributed by atoms with van der Waals surface area (Å²) in [5, 5.41) is 3.16. The van der Waals surface area contributed by atoms with Crippen LogP contribution in [-0.2, 0) is 0 Å². The Hall–Kier alpha value is -1.23. The van der Waals surface area contributed by atoms with Crippen molar-refractivity contribution in [3.63, 3.8) is 0 Å². The van der Waals surface area contributed by atoms with Gasteiger partial charge < -0.3 is 5.32 Å². The lowest BCUT2D eigenvalue weighted by molar-refractivity contribution is 0.277. The van der Waals surface area contributed by atoms with Crippen molar-refractivity contribution >= 4 is 5.82 Å². The summed E-state index contributed by atoms with van der Waals surface area (Å²) in [4.78, 5) is 9.83. The van der Waals surface area contributed by atoms with E-state index in [9.17, 15) is 4.39 Å². The van der Waals surface area contributed by atoms with E-state index in [-0.39, 0.29) is 0 Å². The molecule has 1 aliphatic heterocycles. The third-order valence-electron chi connectivity index (χ3n) is 3.06. The van der Waals surface area contributed by atoms with Gasteiger partial charge in [-0.25, -0.2) is 9.97 Å². The van der Waals surface area contributed by atoms with Crippen LogP contribution < -0.4 is 5.32 Å². The summed E-state index contributed by atoms with van der Waals surface area (Å²) in [5.74, 6) is 0.0757. The summed E-state index contributed by atoms with van der Waals surface area (Å²) in [6, 6.07) is 1.87. The quantitative estimate of drug-likeness (QED) is 0.787. The van der Waals surface area contributed by atoms with Crippen LogP contribution in [0.5, 0.6) is 0 Å². The van der Waals surface area contributed by atoms with Crippen molar-refractivity contribution in [3.05, 3.63) is 18.3 Å². The Kier molecular flexibility index (Phi) is 3.66. The van der Waals surface area contributed by atoms with Gasteiger partial charge in [0, 0.05) is 18.7 Å². The van der Waals surface area contributed by atoms with E-state index in [4.69, 9.17) is 0 Å². The smallest absolute Gasteiger partial charge is 0.217 e. The van der Waals surface area contributed by atoms with Gasteiger partial charge in [-0.2, -0.15) is 4.39 Å². The normalized spacial score (nSPS) is 21.2. The monoisotopic (exact) mass is 224 g/mol. The van der Waals surface area contributed by atoms with Crippen LogP contribution in [0, 0.1) is 5.95 Å². The molecule has 1 aliphatic rings. The predicted octanol–water partition coefficient (Wildman–Crippen LogP) is 1.51. The molecule has 1 unspecified atom stereocenters. The molecule has 0 saturated carbocycles. The first-order chi connectivity index (χ1) is 7.79. The van der Waals surface area contributed by atoms with Gasteiger partial charge in [-0.3, -0.25) is 4.90 Å². The van der Waals surface area contributed by atoms with Crippen molar-refractivity contribution in [2.75, 3.05) is 25.0 Å². The Balaban J connectivity index is 1.87. The van der Waals surface area contributed by atoms with Crippen LogP contribution >= 0.6 is 0 Å². The summed E-state index contributed by atoms with van der Waals surface area (Å²) in [6.07, 6.45) is 3.69. The lowest BCUT2D eigenvalue weighted by atomic mass is 10.2. The van der Waals surface area contributed by atoms with Gasteiger partial charge in [0.05, 0.1) is 0 Å². The Morgan fingerprint density at radius 3 is 3.19 bits per heavy atom. The van der Waals surface area contributed by atoms with Crippen molar-refractivity contribution in [2.24, 2.45) is 0 Å². The molecule has 0 amide bonds. The highest BCUT2D eigenvalue weighted by Crippen LogP contribution is 2.16. The molecule has 1 saturated heterocycles. The number of hydrogen-bond donors (Lipinski definition) is 1. The van der Waals surface area contributed by atoms with Crippen molar-refractivity contribution in [1.82, 2.24) is 14.9 Å². The molecule has 2 heterocycles. The second kappa shape index (κ2) is 5.21. The van der Waals surface area contributed by atoms with Crippen molar-refractivity contribution in [1.29, 1.82) is 0 Å². The number of hydrogen-bond acceptors (Lipinski definition) is 4. The lowest BCUT2D eigenvalue weighted by Gasteiger charge is -2.22. The molecule has 1 aromatic rings. The number of nitrogens with one attached hydrogen (secondary N) is 1. The summed E-state index contributed by atoms with van der Waals surface area (Å²) in [7, 11) is 0. The molecule has 1 atom stereocenters. The number of halogens is 1. The Morgan fingerprint density at radius 1 is 1.56 bits per heavy atom. The zero-order valence-electron chi connectivity index (χ0n) is 9.49. The molecule has 5 heteroatoms. The highest BCUT2D eigenvalue weighted by atomic mass is 19.1. The first kappa shape index (κ1) is 11.3. The average molecular weight is 224 g/mol. The van der Waals surface area contributed by atoms with Crippen LogP contribution in [-0.4, -0.2) is 40.5 Å². The van der Waals surface area contributed by atoms with Crippen LogP contribution in [0.2, 0.25) is 0 Å². The fourth-order valence-electron chi connectivity index (χ4n) is 2.20. The standard InChI is InChI=1S/C11H17FN4/c1-2-16-5-3-4-9(16)7-13-11-6-10(12)14-8-15-11/h6,8-9H,2-5,7H2,1H3,(H,13,14,15). The van der Waals surface area contributed by atoms with Crippen LogP contribution in [0.25, 0.3) is 0 Å². The Bertz CT molecular complexity index is 345. The largest absolute Gasteiger partial charge is 0.368 e. The van der Waals surface area contributed by atoms with Crippen LogP contribution in [0.4, 0.5) is 10.2 Å². The summed E-state index contributed by atoms with van der Waals surface area (Å²) >= 11 is 0. The zero-order valence-corrected chi connectivity index (χ0v) is 9.49. The van der Waals surface area contributed by atoms with E-state index in [1.165, 1.54) is 31.8 Å². The van der Waals surface area contributed by atoms with Gasteiger partial charge in [-0.05, 0) is 25.9 Å². The van der Waals surface area contributed by atoms with E-state index in [0.717, 1.165) is 13.1 Å². The van der Waals surface area contributed by atoms with E-state index in [2.05, 4.69) is 27.1 Å². The fourth-order valence-corrected chi connectivity index (χ4v) is 2.20. The molecule has 16 heavy (non-hydrogen) atoms. The molecule has 0 radical (unpaired) electrons. The van der Waals surface area contributed by atoms with E-state index < -0.39 is 5.95 Å². The number of likely N-dealkylation sites (N-methyl/N-ethyl adjacent to an activating group) is 1. The average Bonchev–Trinajstić information content (AvgIpc) is 2.74. The summed E-state index contributed by atoms with van der Waals surface area (Å²) in [6.45, 7) is 5.23. The first-order valence-electron chi connectivity index (χ1n) is 5.75. The van der Waals surface area contributed by atoms with E-state index in [0.29, 0.717) is 11.9 Å². The third kappa shape index (κ3) is 2.66. The molecule has 1 N–H and O–H groups in total. The molecule has 1 fully saturated rings. The van der Waals surface area contributed by atoms with Gasteiger partial charge in [-0.15, -0.1) is 0 Å². The third-order valence-corrected chi connectivity index (χ3v) is 3.06. The molecule has 1 aromatic heterocycles. The van der Waals surface area contributed by atoms with Gasteiger partial charge in [0.15, 0.2) is 0 Å². The van der Waals surface area contributed by atoms with E-state index in [1.807, 2.05) is 0 Å². The molecule has 0 aliphatic carbocycles. The van der Waals surface area contributed by atoms with Crippen LogP contribution in [0.15, 0.2) is 12.4 Å². The summed E-state index contributed by atoms with van der Waals surface area (Å²) < 4.78 is 12.8. The van der Waals surface area contributed by atoms with Gasteiger partial charge in [0.25, 0.3) is 0 Å². The molecule has 0 aromatic carbocycles.